The molecular formula is C18H19N5O3. The third-order valence-corrected chi connectivity index (χ3v) is 4.65. The van der Waals surface area contributed by atoms with Gasteiger partial charge in [0.25, 0.3) is 5.91 Å². The van der Waals surface area contributed by atoms with E-state index in [-0.39, 0.29) is 11.8 Å². The summed E-state index contributed by atoms with van der Waals surface area (Å²) >= 11 is 0. The van der Waals surface area contributed by atoms with Crippen molar-refractivity contribution in [1.82, 2.24) is 25.2 Å². The van der Waals surface area contributed by atoms with E-state index < -0.39 is 6.10 Å². The van der Waals surface area contributed by atoms with Crippen molar-refractivity contribution in [3.05, 3.63) is 53.7 Å². The second-order valence-electron chi connectivity index (χ2n) is 6.59. The smallest absolute Gasteiger partial charge is 0.253 e. The van der Waals surface area contributed by atoms with E-state index in [1.165, 1.54) is 6.33 Å². The highest BCUT2D eigenvalue weighted by Crippen LogP contribution is 2.24. The molecule has 1 fully saturated rings. The van der Waals surface area contributed by atoms with Crippen LogP contribution in [0.1, 0.15) is 21.8 Å². The molecule has 8 nitrogen and oxygen atoms in total. The topological polar surface area (TPSA) is 108 Å². The predicted molar refractivity (Wildman–Crippen MR) is 92.2 cm³/mol. The van der Waals surface area contributed by atoms with Crippen molar-refractivity contribution in [2.24, 2.45) is 5.92 Å². The van der Waals surface area contributed by atoms with Crippen LogP contribution in [0.4, 0.5) is 0 Å². The van der Waals surface area contributed by atoms with Gasteiger partial charge in [0.15, 0.2) is 5.82 Å². The normalized spacial score (nSPS) is 19.8. The quantitative estimate of drug-likeness (QED) is 0.735. The second kappa shape index (κ2) is 6.72. The number of β-amino-alcohol motifs (C(OH)–C–C–N with tert-alkyl or cyclic N) is 1. The van der Waals surface area contributed by atoms with Crippen LogP contribution in [-0.2, 0) is 6.42 Å². The van der Waals surface area contributed by atoms with Crippen molar-refractivity contribution in [1.29, 1.82) is 0 Å². The molecule has 0 radical (unpaired) electrons. The minimum atomic E-state index is -0.571. The number of H-pyrrole nitrogens is 1. The predicted octanol–water partition coefficient (Wildman–Crippen LogP) is 1.44. The molecule has 2 N–H and O–H groups in total. The van der Waals surface area contributed by atoms with Gasteiger partial charge in [-0.25, -0.2) is 4.98 Å². The molecule has 3 heterocycles. The monoisotopic (exact) mass is 353 g/mol. The van der Waals surface area contributed by atoms with Crippen molar-refractivity contribution in [3.8, 4) is 11.4 Å². The van der Waals surface area contributed by atoms with Crippen LogP contribution in [0.5, 0.6) is 0 Å². The van der Waals surface area contributed by atoms with Gasteiger partial charge < -0.3 is 14.5 Å². The number of nitrogens with one attached hydrogen (secondary N) is 1. The van der Waals surface area contributed by atoms with Crippen molar-refractivity contribution < 1.29 is 14.4 Å². The number of aromatic amines is 1. The Kier molecular flexibility index (Phi) is 4.26. The van der Waals surface area contributed by atoms with E-state index in [0.29, 0.717) is 30.9 Å². The zero-order valence-electron chi connectivity index (χ0n) is 14.3. The molecule has 2 atom stereocenters. The van der Waals surface area contributed by atoms with Gasteiger partial charge >= 0.3 is 0 Å². The van der Waals surface area contributed by atoms with Crippen LogP contribution in [0.3, 0.4) is 0 Å². The van der Waals surface area contributed by atoms with Crippen molar-refractivity contribution in [3.63, 3.8) is 0 Å². The molecule has 1 aromatic carbocycles. The molecule has 0 spiro atoms. The summed E-state index contributed by atoms with van der Waals surface area (Å²) in [6, 6.07) is 9.04. The van der Waals surface area contributed by atoms with Crippen LogP contribution in [0.15, 0.2) is 41.2 Å². The van der Waals surface area contributed by atoms with E-state index in [2.05, 4.69) is 20.3 Å². The Morgan fingerprint density at radius 2 is 2.15 bits per heavy atom. The fourth-order valence-electron chi connectivity index (χ4n) is 3.29. The highest BCUT2D eigenvalue weighted by Gasteiger charge is 2.35. The molecule has 1 aliphatic rings. The molecule has 1 amide bonds. The number of hydrogen-bond acceptors (Lipinski definition) is 6. The molecule has 2 aromatic heterocycles. The first-order valence-electron chi connectivity index (χ1n) is 8.45. The number of aromatic nitrogens is 4. The van der Waals surface area contributed by atoms with Gasteiger partial charge in [0, 0.05) is 42.6 Å². The Bertz CT molecular complexity index is 888. The number of hydrogen-bond donors (Lipinski definition) is 2. The average molecular weight is 353 g/mol. The SMILES string of the molecule is Cc1cc(C[C@@H]2CN(C(=O)c3ccc(-c4ncn[nH]4)cc3)C[C@@H]2O)on1. The first kappa shape index (κ1) is 16.5. The van der Waals surface area contributed by atoms with E-state index in [1.54, 1.807) is 17.0 Å². The van der Waals surface area contributed by atoms with Crippen LogP contribution >= 0.6 is 0 Å². The van der Waals surface area contributed by atoms with Gasteiger partial charge in [0.05, 0.1) is 11.8 Å². The molecule has 1 saturated heterocycles. The summed E-state index contributed by atoms with van der Waals surface area (Å²) in [7, 11) is 0. The van der Waals surface area contributed by atoms with Crippen LogP contribution in [0.25, 0.3) is 11.4 Å². The molecule has 0 unspecified atom stereocenters. The Balaban J connectivity index is 1.43. The maximum atomic E-state index is 12.7. The van der Waals surface area contributed by atoms with Crippen LogP contribution in [-0.4, -0.2) is 55.4 Å². The highest BCUT2D eigenvalue weighted by molar-refractivity contribution is 5.94. The first-order chi connectivity index (χ1) is 12.6. The zero-order valence-corrected chi connectivity index (χ0v) is 14.3. The Morgan fingerprint density at radius 1 is 1.35 bits per heavy atom. The third kappa shape index (κ3) is 3.23. The summed E-state index contributed by atoms with van der Waals surface area (Å²) in [5, 5.41) is 20.8. The number of amides is 1. The molecule has 1 aliphatic heterocycles. The van der Waals surface area contributed by atoms with Crippen LogP contribution < -0.4 is 0 Å². The third-order valence-electron chi connectivity index (χ3n) is 4.65. The number of aryl methyl sites for hydroxylation is 1. The lowest BCUT2D eigenvalue weighted by atomic mass is 10.0. The Morgan fingerprint density at radius 3 is 2.81 bits per heavy atom. The van der Waals surface area contributed by atoms with Crippen LogP contribution in [0, 0.1) is 12.8 Å². The fourth-order valence-corrected chi connectivity index (χ4v) is 3.29. The number of aliphatic hydroxyl groups is 1. The number of likely N-dealkylation sites (tertiary alicyclic amines) is 1. The molecule has 0 bridgehead atoms. The minimum absolute atomic E-state index is 0.0558. The molecule has 3 aromatic rings. The molecular weight excluding hydrogens is 334 g/mol. The lowest BCUT2D eigenvalue weighted by Gasteiger charge is -2.16. The van der Waals surface area contributed by atoms with E-state index in [1.807, 2.05) is 25.1 Å². The van der Waals surface area contributed by atoms with E-state index in [9.17, 15) is 9.90 Å². The molecule has 8 heteroatoms. The number of carbonyl (C=O) groups is 1. The first-order valence-corrected chi connectivity index (χ1v) is 8.45. The van der Waals surface area contributed by atoms with Crippen molar-refractivity contribution >= 4 is 5.91 Å². The minimum Gasteiger partial charge on any atom is -0.391 e. The molecule has 0 aliphatic carbocycles. The van der Waals surface area contributed by atoms with Crippen LogP contribution in [0.2, 0.25) is 0 Å². The highest BCUT2D eigenvalue weighted by atomic mass is 16.5. The maximum absolute atomic E-state index is 12.7. The fraction of sp³-hybridized carbons (Fsp3) is 0.333. The summed E-state index contributed by atoms with van der Waals surface area (Å²) in [4.78, 5) is 18.5. The maximum Gasteiger partial charge on any atom is 0.253 e. The Hall–Kier alpha value is -3.00. The van der Waals surface area contributed by atoms with E-state index >= 15 is 0 Å². The number of benzene rings is 1. The zero-order chi connectivity index (χ0) is 18.1. The largest absolute Gasteiger partial charge is 0.391 e. The van der Waals surface area contributed by atoms with E-state index in [4.69, 9.17) is 4.52 Å². The van der Waals surface area contributed by atoms with Gasteiger partial charge in [0.2, 0.25) is 0 Å². The lowest BCUT2D eigenvalue weighted by molar-refractivity contribution is 0.0764. The second-order valence-corrected chi connectivity index (χ2v) is 6.59. The Labute approximate surface area is 149 Å². The van der Waals surface area contributed by atoms with Crippen molar-refractivity contribution in [2.75, 3.05) is 13.1 Å². The number of nitrogens with zero attached hydrogens (tertiary/aromatic N) is 4. The lowest BCUT2D eigenvalue weighted by Crippen LogP contribution is -2.29. The van der Waals surface area contributed by atoms with Gasteiger partial charge in [-0.15, -0.1) is 0 Å². The number of aliphatic hydroxyl groups excluding tert-OH is 1. The number of rotatable bonds is 4. The molecule has 134 valence electrons. The average Bonchev–Trinajstić information content (AvgIpc) is 3.38. The number of carbonyl (C=O) groups excluding carboxylic acids is 1. The van der Waals surface area contributed by atoms with E-state index in [0.717, 1.165) is 17.0 Å². The summed E-state index contributed by atoms with van der Waals surface area (Å²) in [6.45, 7) is 2.67. The van der Waals surface area contributed by atoms with Gasteiger partial charge in [-0.2, -0.15) is 5.10 Å². The molecule has 0 saturated carbocycles. The standard InChI is InChI=1S/C18H19N5O3/c1-11-6-15(26-22-11)7-14-8-23(9-16(14)24)18(25)13-4-2-12(3-5-13)17-19-10-20-21-17/h2-6,10,14,16,24H,7-9H2,1H3,(H,19,20,21)/t14-,16+/m1/s1. The van der Waals surface area contributed by atoms with Gasteiger partial charge in [-0.1, -0.05) is 17.3 Å². The van der Waals surface area contributed by atoms with Crippen molar-refractivity contribution in [2.45, 2.75) is 19.4 Å². The summed E-state index contributed by atoms with van der Waals surface area (Å²) in [5.41, 5.74) is 2.25. The molecule has 26 heavy (non-hydrogen) atoms. The summed E-state index contributed by atoms with van der Waals surface area (Å²) in [6.07, 6.45) is 1.43. The summed E-state index contributed by atoms with van der Waals surface area (Å²) in [5.74, 6) is 1.24. The van der Waals surface area contributed by atoms with Gasteiger partial charge in [0.1, 0.15) is 12.1 Å². The molecule has 4 rings (SSSR count). The van der Waals surface area contributed by atoms with Gasteiger partial charge in [-0.3, -0.25) is 9.89 Å². The summed E-state index contributed by atoms with van der Waals surface area (Å²) < 4.78 is 5.22. The van der Waals surface area contributed by atoms with Gasteiger partial charge in [-0.05, 0) is 19.1 Å².